The molecule has 6 nitrogen and oxygen atoms in total. The number of morpholine rings is 1. The minimum absolute atomic E-state index is 0.0992. The van der Waals surface area contributed by atoms with Crippen molar-refractivity contribution in [2.75, 3.05) is 63.9 Å². The van der Waals surface area contributed by atoms with Crippen LogP contribution >= 0.6 is 0 Å². The van der Waals surface area contributed by atoms with Gasteiger partial charge in [0.1, 0.15) is 0 Å². The Morgan fingerprint density at radius 2 is 1.72 bits per heavy atom. The number of carbonyl (C=O) groups is 1. The number of ether oxygens (including phenoxy) is 1. The van der Waals surface area contributed by atoms with E-state index in [0.717, 1.165) is 45.2 Å². The molecule has 0 radical (unpaired) electrons. The van der Waals surface area contributed by atoms with Crippen LogP contribution in [-0.4, -0.2) is 80.9 Å². The summed E-state index contributed by atoms with van der Waals surface area (Å²) in [5.41, 5.74) is -0.105. The number of hydrogen-bond acceptors (Lipinski definition) is 4. The predicted molar refractivity (Wildman–Crippen MR) is 119 cm³/mol. The van der Waals surface area contributed by atoms with Crippen LogP contribution in [0.25, 0.3) is 0 Å². The molecule has 1 N–H and O–H groups in total. The minimum atomic E-state index is -4.36. The summed E-state index contributed by atoms with van der Waals surface area (Å²) in [5.74, 6) is 0.506. The van der Waals surface area contributed by atoms with Crippen molar-refractivity contribution < 1.29 is 22.7 Å². The molecule has 1 aromatic rings. The summed E-state index contributed by atoms with van der Waals surface area (Å²) in [6.45, 7) is 10.2. The Kier molecular flexibility index (Phi) is 8.64. The van der Waals surface area contributed by atoms with E-state index in [-0.39, 0.29) is 12.1 Å². The molecule has 2 aliphatic heterocycles. The van der Waals surface area contributed by atoms with Gasteiger partial charge in [-0.05, 0) is 24.1 Å². The zero-order valence-corrected chi connectivity index (χ0v) is 19.0. The number of benzene rings is 1. The number of carbonyl (C=O) groups excluding carboxylic acids is 1. The largest absolute Gasteiger partial charge is 0.416 e. The van der Waals surface area contributed by atoms with Crippen molar-refractivity contribution in [2.45, 2.75) is 38.9 Å². The topological polar surface area (TPSA) is 48.1 Å². The molecule has 0 aliphatic carbocycles. The van der Waals surface area contributed by atoms with Crippen LogP contribution in [0.1, 0.15) is 32.3 Å². The van der Waals surface area contributed by atoms with Gasteiger partial charge in [-0.2, -0.15) is 13.2 Å². The molecule has 1 unspecified atom stereocenters. The van der Waals surface area contributed by atoms with Gasteiger partial charge >= 0.3 is 12.2 Å². The smallest absolute Gasteiger partial charge is 0.379 e. The Morgan fingerprint density at radius 3 is 2.31 bits per heavy atom. The molecule has 2 aliphatic rings. The fraction of sp³-hybridized carbons (Fsp3) is 0.696. The molecule has 1 aromatic carbocycles. The number of anilines is 1. The molecule has 1 atom stereocenters. The molecule has 2 amide bonds. The average molecular weight is 457 g/mol. The third-order valence-corrected chi connectivity index (χ3v) is 6.68. The molecule has 0 aromatic heterocycles. The second kappa shape index (κ2) is 11.2. The quantitative estimate of drug-likeness (QED) is 0.680. The van der Waals surface area contributed by atoms with Crippen LogP contribution in [-0.2, 0) is 10.9 Å². The van der Waals surface area contributed by atoms with E-state index >= 15 is 0 Å². The van der Waals surface area contributed by atoms with E-state index < -0.39 is 11.7 Å². The van der Waals surface area contributed by atoms with E-state index in [1.165, 1.54) is 12.1 Å². The Hall–Kier alpha value is -2.00. The van der Waals surface area contributed by atoms with Crippen molar-refractivity contribution in [1.29, 1.82) is 0 Å². The van der Waals surface area contributed by atoms with Gasteiger partial charge in [-0.3, -0.25) is 4.90 Å². The first kappa shape index (κ1) is 24.6. The van der Waals surface area contributed by atoms with E-state index in [1.54, 1.807) is 11.0 Å². The molecule has 9 heteroatoms. The molecule has 0 bridgehead atoms. The number of rotatable bonds is 7. The van der Waals surface area contributed by atoms with Gasteiger partial charge in [0.15, 0.2) is 0 Å². The normalized spacial score (nSPS) is 19.3. The van der Waals surface area contributed by atoms with Crippen LogP contribution in [0, 0.1) is 5.92 Å². The number of nitrogens with zero attached hydrogens (tertiary/aromatic N) is 3. The maximum Gasteiger partial charge on any atom is 0.416 e. The Bertz CT molecular complexity index is 728. The summed E-state index contributed by atoms with van der Waals surface area (Å²) in [5, 5.41) is 3.12. The highest BCUT2D eigenvalue weighted by Gasteiger charge is 2.32. The van der Waals surface area contributed by atoms with E-state index in [1.807, 2.05) is 4.90 Å². The second-order valence-electron chi connectivity index (χ2n) is 8.50. The number of amides is 2. The van der Waals surface area contributed by atoms with Gasteiger partial charge in [-0.25, -0.2) is 4.79 Å². The third kappa shape index (κ3) is 6.28. The predicted octanol–water partition coefficient (Wildman–Crippen LogP) is 3.67. The van der Waals surface area contributed by atoms with E-state index in [9.17, 15) is 18.0 Å². The van der Waals surface area contributed by atoms with Gasteiger partial charge in [0, 0.05) is 57.5 Å². The van der Waals surface area contributed by atoms with Crippen LogP contribution < -0.4 is 10.2 Å². The summed E-state index contributed by atoms with van der Waals surface area (Å²) in [6, 6.07) is 5.56. The first-order valence-electron chi connectivity index (χ1n) is 11.6. The lowest BCUT2D eigenvalue weighted by Gasteiger charge is -2.40. The maximum absolute atomic E-state index is 13.0. The van der Waals surface area contributed by atoms with Crippen molar-refractivity contribution in [2.24, 2.45) is 5.92 Å². The summed E-state index contributed by atoms with van der Waals surface area (Å²) >= 11 is 0. The van der Waals surface area contributed by atoms with E-state index in [0.29, 0.717) is 44.3 Å². The van der Waals surface area contributed by atoms with E-state index in [2.05, 4.69) is 24.1 Å². The fourth-order valence-corrected chi connectivity index (χ4v) is 4.69. The summed E-state index contributed by atoms with van der Waals surface area (Å²) in [7, 11) is 0. The maximum atomic E-state index is 13.0. The highest BCUT2D eigenvalue weighted by atomic mass is 19.4. The monoisotopic (exact) mass is 456 g/mol. The Balaban J connectivity index is 1.53. The highest BCUT2D eigenvalue weighted by Crippen LogP contribution is 2.32. The van der Waals surface area contributed by atoms with Gasteiger partial charge in [-0.1, -0.05) is 32.8 Å². The van der Waals surface area contributed by atoms with Crippen LogP contribution in [0.4, 0.5) is 23.7 Å². The Labute approximate surface area is 188 Å². The molecule has 0 spiro atoms. The first-order chi connectivity index (χ1) is 15.3. The molecule has 3 rings (SSSR count). The summed E-state index contributed by atoms with van der Waals surface area (Å²) in [4.78, 5) is 18.9. The standard InChI is InChI=1S/C23H35F3N4O2/c1-3-18(4-2)21(29-12-14-32-15-13-29)17-27-22(31)30-10-8-28(9-11-30)20-7-5-6-19(16-20)23(24,25)26/h5-7,16,18,21H,3-4,8-15,17H2,1-2H3,(H,27,31). The van der Waals surface area contributed by atoms with Gasteiger partial charge < -0.3 is 19.9 Å². The molecule has 2 heterocycles. The fourth-order valence-electron chi connectivity index (χ4n) is 4.69. The molecule has 180 valence electrons. The third-order valence-electron chi connectivity index (χ3n) is 6.68. The SMILES string of the molecule is CCC(CC)C(CNC(=O)N1CCN(c2cccc(C(F)(F)F)c2)CC1)N1CCOCC1. The Morgan fingerprint density at radius 1 is 1.06 bits per heavy atom. The molecular weight excluding hydrogens is 421 g/mol. The number of piperazine rings is 1. The summed E-state index contributed by atoms with van der Waals surface area (Å²) < 4.78 is 44.5. The number of urea groups is 1. The lowest BCUT2D eigenvalue weighted by atomic mass is 9.92. The first-order valence-corrected chi connectivity index (χ1v) is 11.6. The van der Waals surface area contributed by atoms with Crippen LogP contribution in [0.15, 0.2) is 24.3 Å². The van der Waals surface area contributed by atoms with Gasteiger partial charge in [0.25, 0.3) is 0 Å². The number of nitrogens with one attached hydrogen (secondary N) is 1. The zero-order chi connectivity index (χ0) is 23.1. The highest BCUT2D eigenvalue weighted by molar-refractivity contribution is 5.74. The number of alkyl halides is 3. The zero-order valence-electron chi connectivity index (χ0n) is 19.0. The van der Waals surface area contributed by atoms with Crippen LogP contribution in [0.2, 0.25) is 0 Å². The minimum Gasteiger partial charge on any atom is -0.379 e. The van der Waals surface area contributed by atoms with Crippen molar-refractivity contribution in [1.82, 2.24) is 15.1 Å². The van der Waals surface area contributed by atoms with E-state index in [4.69, 9.17) is 4.74 Å². The molecule has 2 fully saturated rings. The molecule has 2 saturated heterocycles. The lowest BCUT2D eigenvalue weighted by molar-refractivity contribution is -0.137. The van der Waals surface area contributed by atoms with Crippen LogP contribution in [0.3, 0.4) is 0 Å². The lowest BCUT2D eigenvalue weighted by Crippen LogP contribution is -2.56. The van der Waals surface area contributed by atoms with Gasteiger partial charge in [-0.15, -0.1) is 0 Å². The summed E-state index contributed by atoms with van der Waals surface area (Å²) in [6.07, 6.45) is -2.24. The van der Waals surface area contributed by atoms with Crippen molar-refractivity contribution in [3.63, 3.8) is 0 Å². The average Bonchev–Trinajstić information content (AvgIpc) is 2.82. The van der Waals surface area contributed by atoms with Crippen molar-refractivity contribution in [3.05, 3.63) is 29.8 Å². The number of hydrogen-bond donors (Lipinski definition) is 1. The van der Waals surface area contributed by atoms with Crippen molar-refractivity contribution >= 4 is 11.7 Å². The molecule has 32 heavy (non-hydrogen) atoms. The van der Waals surface area contributed by atoms with Gasteiger partial charge in [0.2, 0.25) is 0 Å². The molecule has 0 saturated carbocycles. The second-order valence-corrected chi connectivity index (χ2v) is 8.50. The van der Waals surface area contributed by atoms with Crippen molar-refractivity contribution in [3.8, 4) is 0 Å². The number of halogens is 3. The van der Waals surface area contributed by atoms with Crippen LogP contribution in [0.5, 0.6) is 0 Å². The van der Waals surface area contributed by atoms with Gasteiger partial charge in [0.05, 0.1) is 18.8 Å². The molecular formula is C23H35F3N4O2.